The second kappa shape index (κ2) is 6.59. The molecular formula is C21H30N4O. The summed E-state index contributed by atoms with van der Waals surface area (Å²) in [5.74, 6) is 3.15. The highest BCUT2D eigenvalue weighted by molar-refractivity contribution is 5.95. The van der Waals surface area contributed by atoms with Gasteiger partial charge in [-0.05, 0) is 57.3 Å². The van der Waals surface area contributed by atoms with Crippen LogP contribution in [0.3, 0.4) is 0 Å². The first-order valence-corrected chi connectivity index (χ1v) is 10.5. The van der Waals surface area contributed by atoms with E-state index in [-0.39, 0.29) is 5.91 Å². The molecular weight excluding hydrogens is 324 g/mol. The van der Waals surface area contributed by atoms with Crippen molar-refractivity contribution in [3.05, 3.63) is 23.3 Å². The molecule has 3 aliphatic heterocycles. The van der Waals surface area contributed by atoms with Crippen LogP contribution in [0, 0.1) is 18.8 Å². The minimum atomic E-state index is 0.146. The van der Waals surface area contributed by atoms with Crippen LogP contribution in [0.2, 0.25) is 0 Å². The topological polar surface area (TPSA) is 49.3 Å². The highest BCUT2D eigenvalue weighted by Crippen LogP contribution is 2.38. The van der Waals surface area contributed by atoms with Crippen LogP contribution in [-0.2, 0) is 0 Å². The monoisotopic (exact) mass is 354 g/mol. The Morgan fingerprint density at radius 3 is 2.65 bits per heavy atom. The van der Waals surface area contributed by atoms with Crippen LogP contribution in [0.25, 0.3) is 0 Å². The standard InChI is InChI=1S/C21H30N4O/c1-14-19(9-22-20(23-14)17-6-7-17)21(26)25-12-16-5-8-18(13-25)24(11-16)10-15-3-2-4-15/h9,15-18H,2-8,10-13H2,1H3. The van der Waals surface area contributed by atoms with Crippen LogP contribution >= 0.6 is 0 Å². The number of nitrogens with zero attached hydrogens (tertiary/aromatic N) is 4. The Labute approximate surface area is 156 Å². The quantitative estimate of drug-likeness (QED) is 0.834. The van der Waals surface area contributed by atoms with Crippen LogP contribution in [0.15, 0.2) is 6.20 Å². The number of hydrogen-bond acceptors (Lipinski definition) is 4. The summed E-state index contributed by atoms with van der Waals surface area (Å²) >= 11 is 0. The number of hydrogen-bond donors (Lipinski definition) is 0. The van der Waals surface area contributed by atoms with Gasteiger partial charge < -0.3 is 4.90 Å². The van der Waals surface area contributed by atoms with Gasteiger partial charge in [-0.15, -0.1) is 0 Å². The molecule has 0 N–H and O–H groups in total. The average Bonchev–Trinajstić information content (AvgIpc) is 3.44. The molecule has 1 aromatic heterocycles. The van der Waals surface area contributed by atoms with Gasteiger partial charge in [0.15, 0.2) is 0 Å². The lowest BCUT2D eigenvalue weighted by Crippen LogP contribution is -2.47. The lowest BCUT2D eigenvalue weighted by molar-refractivity contribution is 0.0715. The molecule has 0 radical (unpaired) electrons. The molecule has 5 fully saturated rings. The van der Waals surface area contributed by atoms with Crippen molar-refractivity contribution in [3.63, 3.8) is 0 Å². The Kier molecular flexibility index (Phi) is 4.23. The van der Waals surface area contributed by atoms with Gasteiger partial charge in [0.25, 0.3) is 5.91 Å². The SMILES string of the molecule is Cc1nc(C2CC2)ncc1C(=O)N1CC2CCC(C1)N(CC1CCC1)C2. The van der Waals surface area contributed by atoms with Gasteiger partial charge in [0, 0.05) is 44.3 Å². The number of rotatable bonds is 4. The third kappa shape index (κ3) is 3.15. The molecule has 5 nitrogen and oxygen atoms in total. The van der Waals surface area contributed by atoms with Crippen molar-refractivity contribution < 1.29 is 4.79 Å². The summed E-state index contributed by atoms with van der Waals surface area (Å²) in [6.45, 7) is 6.19. The van der Waals surface area contributed by atoms with E-state index in [1.165, 1.54) is 58.0 Å². The van der Waals surface area contributed by atoms with E-state index in [2.05, 4.69) is 19.8 Å². The van der Waals surface area contributed by atoms with Gasteiger partial charge in [-0.3, -0.25) is 9.69 Å². The first-order chi connectivity index (χ1) is 12.7. The zero-order valence-electron chi connectivity index (χ0n) is 15.9. The molecule has 1 amide bonds. The summed E-state index contributed by atoms with van der Waals surface area (Å²) in [5.41, 5.74) is 1.57. The van der Waals surface area contributed by atoms with Crippen LogP contribution in [0.5, 0.6) is 0 Å². The minimum Gasteiger partial charge on any atom is -0.337 e. The van der Waals surface area contributed by atoms with Crippen molar-refractivity contribution in [2.24, 2.45) is 11.8 Å². The zero-order chi connectivity index (χ0) is 17.7. The number of aromatic nitrogens is 2. The lowest BCUT2D eigenvalue weighted by Gasteiger charge is -2.40. The van der Waals surface area contributed by atoms with Crippen molar-refractivity contribution in [2.75, 3.05) is 26.2 Å². The van der Waals surface area contributed by atoms with E-state index >= 15 is 0 Å². The molecule has 5 aliphatic rings. The Balaban J connectivity index is 1.31. The van der Waals surface area contributed by atoms with Crippen LogP contribution in [-0.4, -0.2) is 57.9 Å². The third-order valence-corrected chi connectivity index (χ3v) is 7.00. The normalized spacial score (nSPS) is 29.5. The molecule has 6 rings (SSSR count). The first kappa shape index (κ1) is 16.7. The number of carbonyl (C=O) groups is 1. The Morgan fingerprint density at radius 2 is 1.96 bits per heavy atom. The summed E-state index contributed by atoms with van der Waals surface area (Å²) in [5, 5.41) is 0. The number of carbonyl (C=O) groups excluding carboxylic acids is 1. The molecule has 0 aromatic carbocycles. The summed E-state index contributed by atoms with van der Waals surface area (Å²) in [6, 6.07) is 0.547. The molecule has 3 saturated heterocycles. The number of aryl methyl sites for hydroxylation is 1. The molecule has 2 bridgehead atoms. The van der Waals surface area contributed by atoms with E-state index in [1.807, 2.05) is 6.92 Å². The fourth-order valence-electron chi connectivity index (χ4n) is 4.98. The predicted molar refractivity (Wildman–Crippen MR) is 100 cm³/mol. The van der Waals surface area contributed by atoms with Gasteiger partial charge in [-0.2, -0.15) is 0 Å². The van der Waals surface area contributed by atoms with E-state index < -0.39 is 0 Å². The van der Waals surface area contributed by atoms with E-state index in [9.17, 15) is 4.79 Å². The predicted octanol–water partition coefficient (Wildman–Crippen LogP) is 3.00. The van der Waals surface area contributed by atoms with Gasteiger partial charge in [-0.25, -0.2) is 9.97 Å². The maximum absolute atomic E-state index is 13.2. The smallest absolute Gasteiger partial charge is 0.257 e. The van der Waals surface area contributed by atoms with Crippen molar-refractivity contribution >= 4 is 5.91 Å². The van der Waals surface area contributed by atoms with Gasteiger partial charge in [0.2, 0.25) is 0 Å². The average molecular weight is 354 g/mol. The van der Waals surface area contributed by atoms with E-state index in [1.54, 1.807) is 6.20 Å². The summed E-state index contributed by atoms with van der Waals surface area (Å²) < 4.78 is 0. The van der Waals surface area contributed by atoms with E-state index in [0.29, 0.717) is 23.4 Å². The van der Waals surface area contributed by atoms with Gasteiger partial charge in [0.1, 0.15) is 5.82 Å². The van der Waals surface area contributed by atoms with E-state index in [4.69, 9.17) is 0 Å². The third-order valence-electron chi connectivity index (χ3n) is 7.00. The highest BCUT2D eigenvalue weighted by Gasteiger charge is 2.38. The number of amides is 1. The Hall–Kier alpha value is -1.49. The second-order valence-electron chi connectivity index (χ2n) is 9.06. The van der Waals surface area contributed by atoms with Crippen molar-refractivity contribution in [1.29, 1.82) is 0 Å². The maximum atomic E-state index is 13.2. The Bertz CT molecular complexity index is 697. The largest absolute Gasteiger partial charge is 0.337 e. The molecule has 2 saturated carbocycles. The van der Waals surface area contributed by atoms with Crippen molar-refractivity contribution in [2.45, 2.75) is 63.8 Å². The molecule has 0 spiro atoms. The van der Waals surface area contributed by atoms with Gasteiger partial charge >= 0.3 is 0 Å². The fraction of sp³-hybridized carbons (Fsp3) is 0.762. The van der Waals surface area contributed by atoms with Gasteiger partial charge in [-0.1, -0.05) is 6.42 Å². The first-order valence-electron chi connectivity index (χ1n) is 10.5. The summed E-state index contributed by atoms with van der Waals surface area (Å²) in [6.07, 6.45) is 10.9. The molecule has 2 unspecified atom stereocenters. The van der Waals surface area contributed by atoms with E-state index in [0.717, 1.165) is 30.5 Å². The fourth-order valence-corrected chi connectivity index (χ4v) is 4.98. The lowest BCUT2D eigenvalue weighted by atomic mass is 9.83. The molecule has 4 heterocycles. The Morgan fingerprint density at radius 1 is 1.12 bits per heavy atom. The van der Waals surface area contributed by atoms with Crippen LogP contribution in [0.1, 0.15) is 72.7 Å². The molecule has 26 heavy (non-hydrogen) atoms. The minimum absolute atomic E-state index is 0.146. The molecule has 2 atom stereocenters. The van der Waals surface area contributed by atoms with Crippen LogP contribution < -0.4 is 0 Å². The van der Waals surface area contributed by atoms with Crippen molar-refractivity contribution in [1.82, 2.24) is 19.8 Å². The maximum Gasteiger partial charge on any atom is 0.257 e. The zero-order valence-corrected chi connectivity index (χ0v) is 15.9. The number of piperidine rings is 1. The van der Waals surface area contributed by atoms with Crippen LogP contribution in [0.4, 0.5) is 0 Å². The summed E-state index contributed by atoms with van der Waals surface area (Å²) in [4.78, 5) is 27.1. The molecule has 5 heteroatoms. The van der Waals surface area contributed by atoms with Crippen molar-refractivity contribution in [3.8, 4) is 0 Å². The molecule has 140 valence electrons. The highest BCUT2D eigenvalue weighted by atomic mass is 16.2. The molecule has 2 aliphatic carbocycles. The molecule has 1 aromatic rings. The number of fused-ring (bicyclic) bond motifs is 4. The summed E-state index contributed by atoms with van der Waals surface area (Å²) in [7, 11) is 0. The second-order valence-corrected chi connectivity index (χ2v) is 9.06. The van der Waals surface area contributed by atoms with Gasteiger partial charge in [0.05, 0.1) is 11.3 Å².